The molecule has 0 fully saturated rings. The van der Waals surface area contributed by atoms with Crippen molar-refractivity contribution in [3.8, 4) is 0 Å². The smallest absolute Gasteiger partial charge is 0.167 e. The first-order chi connectivity index (χ1) is 10.1. The second-order valence-electron chi connectivity index (χ2n) is 5.86. The standard InChI is InChI=1S/C17H23F2NO/c1-3-4-5-14(17-10-16(11-18)21-20-17)8-12(2)13-6-7-15(19)9-13/h6-7,10,12,14H,3-5,8-9,11H2,1-2H3. The van der Waals surface area contributed by atoms with Gasteiger partial charge in [-0.2, -0.15) is 0 Å². The van der Waals surface area contributed by atoms with Gasteiger partial charge in [-0.3, -0.25) is 0 Å². The Morgan fingerprint density at radius 3 is 2.76 bits per heavy atom. The lowest BCUT2D eigenvalue weighted by atomic mass is 9.85. The van der Waals surface area contributed by atoms with E-state index in [1.54, 1.807) is 12.1 Å². The van der Waals surface area contributed by atoms with Crippen molar-refractivity contribution < 1.29 is 13.3 Å². The highest BCUT2D eigenvalue weighted by atomic mass is 19.1. The van der Waals surface area contributed by atoms with Crippen molar-refractivity contribution in [2.24, 2.45) is 5.92 Å². The van der Waals surface area contributed by atoms with Gasteiger partial charge in [0.2, 0.25) is 0 Å². The molecular weight excluding hydrogens is 272 g/mol. The average molecular weight is 295 g/mol. The molecule has 0 N–H and O–H groups in total. The Balaban J connectivity index is 2.02. The highest BCUT2D eigenvalue weighted by Gasteiger charge is 2.22. The number of alkyl halides is 1. The third kappa shape index (κ3) is 4.26. The quantitative estimate of drug-likeness (QED) is 0.621. The van der Waals surface area contributed by atoms with Gasteiger partial charge in [0.05, 0.1) is 5.69 Å². The summed E-state index contributed by atoms with van der Waals surface area (Å²) in [5, 5.41) is 4.01. The van der Waals surface area contributed by atoms with E-state index in [9.17, 15) is 8.78 Å². The first kappa shape index (κ1) is 15.9. The molecule has 2 rings (SSSR count). The predicted octanol–water partition coefficient (Wildman–Crippen LogP) is 5.63. The first-order valence-electron chi connectivity index (χ1n) is 7.70. The predicted molar refractivity (Wildman–Crippen MR) is 79.3 cm³/mol. The maximum absolute atomic E-state index is 13.2. The molecule has 0 amide bonds. The highest BCUT2D eigenvalue weighted by molar-refractivity contribution is 5.28. The van der Waals surface area contributed by atoms with E-state index in [0.717, 1.165) is 37.0 Å². The van der Waals surface area contributed by atoms with E-state index in [2.05, 4.69) is 19.0 Å². The van der Waals surface area contributed by atoms with Crippen molar-refractivity contribution in [2.75, 3.05) is 0 Å². The molecule has 116 valence electrons. The van der Waals surface area contributed by atoms with Crippen molar-refractivity contribution in [1.82, 2.24) is 5.16 Å². The third-order valence-corrected chi connectivity index (χ3v) is 4.16. The molecule has 0 radical (unpaired) electrons. The van der Waals surface area contributed by atoms with Crippen molar-refractivity contribution in [3.63, 3.8) is 0 Å². The zero-order chi connectivity index (χ0) is 15.2. The van der Waals surface area contributed by atoms with E-state index in [-0.39, 0.29) is 17.5 Å². The van der Waals surface area contributed by atoms with Gasteiger partial charge in [-0.15, -0.1) is 0 Å². The molecule has 0 aromatic carbocycles. The fourth-order valence-corrected chi connectivity index (χ4v) is 2.85. The second kappa shape index (κ2) is 7.53. The van der Waals surface area contributed by atoms with Crippen LogP contribution in [0.2, 0.25) is 0 Å². The average Bonchev–Trinajstić information content (AvgIpc) is 3.11. The first-order valence-corrected chi connectivity index (χ1v) is 7.70. The number of nitrogens with zero attached hydrogens (tertiary/aromatic N) is 1. The summed E-state index contributed by atoms with van der Waals surface area (Å²) in [6.07, 6.45) is 7.96. The minimum absolute atomic E-state index is 0.0666. The number of hydrogen-bond donors (Lipinski definition) is 0. The van der Waals surface area contributed by atoms with Gasteiger partial charge in [0.1, 0.15) is 12.5 Å². The van der Waals surface area contributed by atoms with Gasteiger partial charge >= 0.3 is 0 Å². The molecule has 1 aliphatic rings. The summed E-state index contributed by atoms with van der Waals surface area (Å²) in [6.45, 7) is 3.64. The van der Waals surface area contributed by atoms with E-state index < -0.39 is 6.67 Å². The van der Waals surface area contributed by atoms with Crippen LogP contribution < -0.4 is 0 Å². The normalized spacial score (nSPS) is 17.5. The lowest BCUT2D eigenvalue weighted by molar-refractivity contribution is 0.321. The van der Waals surface area contributed by atoms with E-state index in [1.165, 1.54) is 0 Å². The van der Waals surface area contributed by atoms with Crippen LogP contribution in [-0.2, 0) is 6.67 Å². The Bertz CT molecular complexity index is 519. The summed E-state index contributed by atoms with van der Waals surface area (Å²) in [7, 11) is 0. The number of rotatable bonds is 8. The van der Waals surface area contributed by atoms with Gasteiger partial charge in [0.15, 0.2) is 5.76 Å². The Morgan fingerprint density at radius 1 is 1.38 bits per heavy atom. The van der Waals surface area contributed by atoms with E-state index in [4.69, 9.17) is 4.52 Å². The molecule has 1 aromatic rings. The van der Waals surface area contributed by atoms with Gasteiger partial charge in [-0.05, 0) is 24.8 Å². The van der Waals surface area contributed by atoms with Crippen molar-refractivity contribution >= 4 is 0 Å². The van der Waals surface area contributed by atoms with Crippen LogP contribution in [0.1, 0.15) is 63.3 Å². The van der Waals surface area contributed by atoms with E-state index in [0.29, 0.717) is 12.3 Å². The molecular formula is C17H23F2NO. The third-order valence-electron chi connectivity index (χ3n) is 4.16. The van der Waals surface area contributed by atoms with Crippen LogP contribution in [0.3, 0.4) is 0 Å². The van der Waals surface area contributed by atoms with Crippen LogP contribution in [-0.4, -0.2) is 5.16 Å². The Hall–Kier alpha value is -1.45. The molecule has 2 nitrogen and oxygen atoms in total. The molecule has 1 aliphatic carbocycles. The zero-order valence-electron chi connectivity index (χ0n) is 12.7. The largest absolute Gasteiger partial charge is 0.358 e. The monoisotopic (exact) mass is 295 g/mol. The minimum atomic E-state index is -0.622. The maximum atomic E-state index is 13.2. The molecule has 1 aromatic heterocycles. The van der Waals surface area contributed by atoms with Crippen molar-refractivity contribution in [1.29, 1.82) is 0 Å². The van der Waals surface area contributed by atoms with E-state index in [1.807, 2.05) is 6.08 Å². The SMILES string of the molecule is CCCCC(CC(C)C1=CC=C(F)C1)c1cc(CF)on1. The molecule has 1 heterocycles. The van der Waals surface area contributed by atoms with Gasteiger partial charge in [0, 0.05) is 18.4 Å². The van der Waals surface area contributed by atoms with Gasteiger partial charge < -0.3 is 4.52 Å². The van der Waals surface area contributed by atoms with Crippen LogP contribution >= 0.6 is 0 Å². The fourth-order valence-electron chi connectivity index (χ4n) is 2.85. The van der Waals surface area contributed by atoms with Gasteiger partial charge in [0.25, 0.3) is 0 Å². The van der Waals surface area contributed by atoms with Crippen LogP contribution in [0.5, 0.6) is 0 Å². The summed E-state index contributed by atoms with van der Waals surface area (Å²) in [5.41, 5.74) is 1.96. The summed E-state index contributed by atoms with van der Waals surface area (Å²) in [5.74, 6) is 0.755. The number of hydrogen-bond acceptors (Lipinski definition) is 2. The van der Waals surface area contributed by atoms with Gasteiger partial charge in [-0.25, -0.2) is 8.78 Å². The lowest BCUT2D eigenvalue weighted by Crippen LogP contribution is -2.08. The zero-order valence-corrected chi connectivity index (χ0v) is 12.7. The number of unbranched alkanes of at least 4 members (excludes halogenated alkanes) is 1. The topological polar surface area (TPSA) is 26.0 Å². The number of aromatic nitrogens is 1. The summed E-state index contributed by atoms with van der Waals surface area (Å²) < 4.78 is 30.8. The molecule has 2 atom stereocenters. The molecule has 0 bridgehead atoms. The van der Waals surface area contributed by atoms with Gasteiger partial charge in [-0.1, -0.05) is 43.5 Å². The molecule has 0 saturated carbocycles. The Labute approximate surface area is 124 Å². The summed E-state index contributed by atoms with van der Waals surface area (Å²) in [4.78, 5) is 0. The van der Waals surface area contributed by atoms with Crippen LogP contribution in [0, 0.1) is 5.92 Å². The summed E-state index contributed by atoms with van der Waals surface area (Å²) >= 11 is 0. The van der Waals surface area contributed by atoms with Crippen LogP contribution in [0.25, 0.3) is 0 Å². The highest BCUT2D eigenvalue weighted by Crippen LogP contribution is 2.35. The van der Waals surface area contributed by atoms with Crippen molar-refractivity contribution in [2.45, 2.75) is 58.5 Å². The van der Waals surface area contributed by atoms with E-state index >= 15 is 0 Å². The number of halogens is 2. The fraction of sp³-hybridized carbons (Fsp3) is 0.588. The Kier molecular flexibility index (Phi) is 5.71. The van der Waals surface area contributed by atoms with Crippen LogP contribution in [0.15, 0.2) is 34.1 Å². The number of allylic oxidation sites excluding steroid dienone is 4. The lowest BCUT2D eigenvalue weighted by Gasteiger charge is -2.20. The van der Waals surface area contributed by atoms with Crippen LogP contribution in [0.4, 0.5) is 8.78 Å². The molecule has 4 heteroatoms. The minimum Gasteiger partial charge on any atom is -0.358 e. The maximum Gasteiger partial charge on any atom is 0.167 e. The molecule has 2 unspecified atom stereocenters. The molecule has 0 aliphatic heterocycles. The molecule has 0 spiro atoms. The molecule has 21 heavy (non-hydrogen) atoms. The second-order valence-corrected chi connectivity index (χ2v) is 5.86. The summed E-state index contributed by atoms with van der Waals surface area (Å²) in [6, 6.07) is 1.72. The Morgan fingerprint density at radius 2 is 2.19 bits per heavy atom. The van der Waals surface area contributed by atoms with Crippen molar-refractivity contribution in [3.05, 3.63) is 41.1 Å². The molecule has 0 saturated heterocycles.